The van der Waals surface area contributed by atoms with Crippen LogP contribution < -0.4 is 0 Å². The van der Waals surface area contributed by atoms with Gasteiger partial charge in [-0.2, -0.15) is 13.2 Å². The Kier molecular flexibility index (Phi) is 4.03. The first kappa shape index (κ1) is 12.4. The zero-order valence-electron chi connectivity index (χ0n) is 8.31. The van der Waals surface area contributed by atoms with Crippen molar-refractivity contribution in [3.63, 3.8) is 0 Å². The summed E-state index contributed by atoms with van der Waals surface area (Å²) in [5.74, 6) is 0.339. The molecule has 0 aliphatic carbocycles. The molecule has 15 heavy (non-hydrogen) atoms. The summed E-state index contributed by atoms with van der Waals surface area (Å²) >= 11 is 5.69. The molecule has 0 radical (unpaired) electrons. The normalized spacial score (nSPS) is 13.9. The average molecular weight is 237 g/mol. The van der Waals surface area contributed by atoms with E-state index in [1.165, 1.54) is 12.1 Å². The second-order valence-electron chi connectivity index (χ2n) is 3.38. The highest BCUT2D eigenvalue weighted by atomic mass is 35.5. The van der Waals surface area contributed by atoms with Gasteiger partial charge in [0.2, 0.25) is 0 Å². The molecule has 0 saturated carbocycles. The number of hydrogen-bond donors (Lipinski definition) is 0. The molecule has 0 nitrogen and oxygen atoms in total. The van der Waals surface area contributed by atoms with Crippen LogP contribution in [0.25, 0.3) is 0 Å². The van der Waals surface area contributed by atoms with Crippen molar-refractivity contribution in [2.75, 3.05) is 5.88 Å². The molecule has 84 valence electrons. The van der Waals surface area contributed by atoms with Gasteiger partial charge in [0, 0.05) is 5.88 Å². The molecule has 0 amide bonds. The van der Waals surface area contributed by atoms with Gasteiger partial charge in [-0.1, -0.05) is 25.1 Å². The molecule has 0 bridgehead atoms. The maximum absolute atomic E-state index is 12.4. The third-order valence-electron chi connectivity index (χ3n) is 2.36. The quantitative estimate of drug-likeness (QED) is 0.681. The van der Waals surface area contributed by atoms with Gasteiger partial charge in [0.15, 0.2) is 0 Å². The van der Waals surface area contributed by atoms with Crippen LogP contribution in [0.5, 0.6) is 0 Å². The van der Waals surface area contributed by atoms with E-state index in [0.29, 0.717) is 11.4 Å². The molecule has 1 aromatic rings. The van der Waals surface area contributed by atoms with E-state index in [0.717, 1.165) is 12.5 Å². The highest BCUT2D eigenvalue weighted by Gasteiger charge is 2.30. The van der Waals surface area contributed by atoms with Crippen molar-refractivity contribution < 1.29 is 13.2 Å². The van der Waals surface area contributed by atoms with Crippen LogP contribution in [0, 0.1) is 0 Å². The first-order valence-corrected chi connectivity index (χ1v) is 5.25. The minimum absolute atomic E-state index is 0.00559. The van der Waals surface area contributed by atoms with Crippen molar-refractivity contribution in [2.24, 2.45) is 0 Å². The average Bonchev–Trinajstić information content (AvgIpc) is 2.19. The number of hydrogen-bond acceptors (Lipinski definition) is 0. The third kappa shape index (κ3) is 3.13. The van der Waals surface area contributed by atoms with Gasteiger partial charge in [0.1, 0.15) is 0 Å². The van der Waals surface area contributed by atoms with Crippen molar-refractivity contribution >= 4 is 11.6 Å². The largest absolute Gasteiger partial charge is 0.416 e. The monoisotopic (exact) mass is 236 g/mol. The van der Waals surface area contributed by atoms with Crippen LogP contribution in [-0.2, 0) is 6.18 Å². The standard InChI is InChI=1S/C11H12ClF3/c1-2-8(7-12)9-4-3-5-10(6-9)11(13,14)15/h3-6,8H,2,7H2,1H3. The van der Waals surface area contributed by atoms with E-state index in [1.807, 2.05) is 6.92 Å². The van der Waals surface area contributed by atoms with Crippen molar-refractivity contribution in [2.45, 2.75) is 25.4 Å². The molecule has 1 unspecified atom stereocenters. The van der Waals surface area contributed by atoms with Crippen molar-refractivity contribution in [1.29, 1.82) is 0 Å². The van der Waals surface area contributed by atoms with Crippen LogP contribution in [0.1, 0.15) is 30.4 Å². The lowest BCUT2D eigenvalue weighted by Crippen LogP contribution is -2.07. The molecular weight excluding hydrogens is 225 g/mol. The fourth-order valence-corrected chi connectivity index (χ4v) is 1.80. The van der Waals surface area contributed by atoms with Crippen LogP contribution in [0.3, 0.4) is 0 Å². The number of halogens is 4. The molecule has 0 aliphatic rings. The van der Waals surface area contributed by atoms with Gasteiger partial charge in [-0.3, -0.25) is 0 Å². The fraction of sp³-hybridized carbons (Fsp3) is 0.455. The van der Waals surface area contributed by atoms with Gasteiger partial charge in [-0.25, -0.2) is 0 Å². The lowest BCUT2D eigenvalue weighted by Gasteiger charge is -2.14. The molecule has 0 N–H and O–H groups in total. The summed E-state index contributed by atoms with van der Waals surface area (Å²) in [6.07, 6.45) is -3.54. The van der Waals surface area contributed by atoms with Gasteiger partial charge in [0.25, 0.3) is 0 Å². The predicted molar refractivity (Wildman–Crippen MR) is 55.2 cm³/mol. The van der Waals surface area contributed by atoms with E-state index in [4.69, 9.17) is 11.6 Å². The lowest BCUT2D eigenvalue weighted by molar-refractivity contribution is -0.137. The fourth-order valence-electron chi connectivity index (χ4n) is 1.40. The Balaban J connectivity index is 3.02. The van der Waals surface area contributed by atoms with Crippen LogP contribution in [0.2, 0.25) is 0 Å². The van der Waals surface area contributed by atoms with Crippen LogP contribution in [-0.4, -0.2) is 5.88 Å². The number of benzene rings is 1. The van der Waals surface area contributed by atoms with Crippen molar-refractivity contribution in [1.82, 2.24) is 0 Å². The highest BCUT2D eigenvalue weighted by molar-refractivity contribution is 6.18. The summed E-state index contributed by atoms with van der Waals surface area (Å²) in [5, 5.41) is 0. The first-order valence-electron chi connectivity index (χ1n) is 4.72. The second-order valence-corrected chi connectivity index (χ2v) is 3.69. The third-order valence-corrected chi connectivity index (χ3v) is 2.74. The Morgan fingerprint density at radius 1 is 1.33 bits per heavy atom. The molecule has 0 aromatic heterocycles. The maximum Gasteiger partial charge on any atom is 0.416 e. The molecule has 1 aromatic carbocycles. The van der Waals surface area contributed by atoms with Crippen molar-refractivity contribution in [3.8, 4) is 0 Å². The first-order chi connectivity index (χ1) is 6.99. The van der Waals surface area contributed by atoms with E-state index >= 15 is 0 Å². The lowest BCUT2D eigenvalue weighted by atomic mass is 9.96. The van der Waals surface area contributed by atoms with Gasteiger partial charge < -0.3 is 0 Å². The molecule has 4 heteroatoms. The maximum atomic E-state index is 12.4. The van der Waals surface area contributed by atoms with E-state index in [1.54, 1.807) is 6.07 Å². The zero-order chi connectivity index (χ0) is 11.5. The summed E-state index contributed by atoms with van der Waals surface area (Å²) in [6.45, 7) is 1.91. The van der Waals surface area contributed by atoms with E-state index in [2.05, 4.69) is 0 Å². The van der Waals surface area contributed by atoms with Gasteiger partial charge >= 0.3 is 6.18 Å². The molecule has 0 fully saturated rings. The summed E-state index contributed by atoms with van der Waals surface area (Å²) in [5.41, 5.74) is 0.0471. The smallest absolute Gasteiger partial charge is 0.166 e. The van der Waals surface area contributed by atoms with E-state index in [-0.39, 0.29) is 5.92 Å². The predicted octanol–water partition coefficient (Wildman–Crippen LogP) is 4.44. The summed E-state index contributed by atoms with van der Waals surface area (Å²) < 4.78 is 37.2. The topological polar surface area (TPSA) is 0 Å². The molecular formula is C11H12ClF3. The molecule has 1 rings (SSSR count). The van der Waals surface area contributed by atoms with Crippen molar-refractivity contribution in [3.05, 3.63) is 35.4 Å². The Bertz CT molecular complexity index is 316. The molecule has 0 spiro atoms. The number of alkyl halides is 4. The zero-order valence-corrected chi connectivity index (χ0v) is 9.07. The van der Waals surface area contributed by atoms with E-state index in [9.17, 15) is 13.2 Å². The minimum atomic E-state index is -4.28. The van der Waals surface area contributed by atoms with Gasteiger partial charge in [-0.15, -0.1) is 11.6 Å². The molecule has 0 saturated heterocycles. The van der Waals surface area contributed by atoms with Crippen LogP contribution in [0.15, 0.2) is 24.3 Å². The SMILES string of the molecule is CCC(CCl)c1cccc(C(F)(F)F)c1. The Hall–Kier alpha value is -0.700. The Labute approximate surface area is 92.1 Å². The van der Waals surface area contributed by atoms with Gasteiger partial charge in [0.05, 0.1) is 5.56 Å². The van der Waals surface area contributed by atoms with Crippen LogP contribution >= 0.6 is 11.6 Å². The highest BCUT2D eigenvalue weighted by Crippen LogP contribution is 2.31. The van der Waals surface area contributed by atoms with E-state index < -0.39 is 11.7 Å². The molecule has 1 atom stereocenters. The molecule has 0 aliphatic heterocycles. The molecule has 0 heterocycles. The minimum Gasteiger partial charge on any atom is -0.166 e. The van der Waals surface area contributed by atoms with Gasteiger partial charge in [-0.05, 0) is 24.0 Å². The number of rotatable bonds is 3. The second kappa shape index (κ2) is 4.88. The summed E-state index contributed by atoms with van der Waals surface area (Å²) in [4.78, 5) is 0. The summed E-state index contributed by atoms with van der Waals surface area (Å²) in [6, 6.07) is 5.36. The Morgan fingerprint density at radius 3 is 2.47 bits per heavy atom. The Morgan fingerprint density at radius 2 is 2.00 bits per heavy atom. The summed E-state index contributed by atoms with van der Waals surface area (Å²) in [7, 11) is 0. The van der Waals surface area contributed by atoms with Crippen LogP contribution in [0.4, 0.5) is 13.2 Å².